The van der Waals surface area contributed by atoms with Crippen molar-refractivity contribution in [3.63, 3.8) is 0 Å². The highest BCUT2D eigenvalue weighted by Crippen LogP contribution is 2.30. The number of pyridine rings is 1. The third kappa shape index (κ3) is 11.7. The summed E-state index contributed by atoms with van der Waals surface area (Å²) in [5, 5.41) is 3.52. The van der Waals surface area contributed by atoms with Crippen LogP contribution in [0.25, 0.3) is 0 Å². The van der Waals surface area contributed by atoms with Crippen LogP contribution in [0.1, 0.15) is 52.9 Å². The summed E-state index contributed by atoms with van der Waals surface area (Å²) in [6, 6.07) is 9.92. The van der Waals surface area contributed by atoms with Crippen LogP contribution in [-0.2, 0) is 4.74 Å². The average molecular weight is 692 g/mol. The van der Waals surface area contributed by atoms with E-state index in [0.717, 1.165) is 65.3 Å². The topological polar surface area (TPSA) is 80.6 Å². The van der Waals surface area contributed by atoms with Gasteiger partial charge >= 0.3 is 6.36 Å². The van der Waals surface area contributed by atoms with E-state index in [1.165, 1.54) is 12.1 Å². The van der Waals surface area contributed by atoms with Crippen molar-refractivity contribution in [3.8, 4) is 24.5 Å². The molecule has 1 aromatic carbocycles. The third-order valence-corrected chi connectivity index (χ3v) is 8.18. The number of benzene rings is 1. The van der Waals surface area contributed by atoms with Gasteiger partial charge in [-0.05, 0) is 86.2 Å². The van der Waals surface area contributed by atoms with Crippen molar-refractivity contribution in [1.82, 2.24) is 4.98 Å². The molecule has 2 aromatic rings. The number of fused-ring (bicyclic) bond motifs is 1. The van der Waals surface area contributed by atoms with Crippen molar-refractivity contribution < 1.29 is 27.4 Å². The number of methoxy groups -OCH3 is 2. The van der Waals surface area contributed by atoms with Gasteiger partial charge in [0.15, 0.2) is 0 Å². The molecule has 50 heavy (non-hydrogen) atoms. The van der Waals surface area contributed by atoms with Gasteiger partial charge in [0, 0.05) is 44.2 Å². The van der Waals surface area contributed by atoms with Crippen molar-refractivity contribution in [2.45, 2.75) is 71.4 Å². The van der Waals surface area contributed by atoms with Crippen LogP contribution in [0.15, 0.2) is 99.8 Å². The van der Waals surface area contributed by atoms with Gasteiger partial charge in [0.1, 0.15) is 11.4 Å². The molecule has 8 nitrogen and oxygen atoms in total. The summed E-state index contributed by atoms with van der Waals surface area (Å²) in [6.07, 6.45) is 19.7. The quantitative estimate of drug-likeness (QED) is 0.279. The van der Waals surface area contributed by atoms with Crippen LogP contribution in [0, 0.1) is 12.8 Å². The highest BCUT2D eigenvalue weighted by atomic mass is 19.4. The van der Waals surface area contributed by atoms with Gasteiger partial charge in [0.2, 0.25) is 5.88 Å². The highest BCUT2D eigenvalue weighted by molar-refractivity contribution is 6.18. The lowest BCUT2D eigenvalue weighted by Crippen LogP contribution is -2.32. The normalized spacial score (nSPS) is 21.1. The Labute approximate surface area is 294 Å². The molecule has 3 aliphatic rings. The predicted molar refractivity (Wildman–Crippen MR) is 197 cm³/mol. The summed E-state index contributed by atoms with van der Waals surface area (Å²) in [4.78, 5) is 16.8. The molecule has 0 atom stereocenters. The van der Waals surface area contributed by atoms with E-state index in [2.05, 4.69) is 44.9 Å². The number of nitrogens with one attached hydrogen (secondary N) is 1. The number of hydrogen-bond donors (Lipinski definition) is 1. The number of ether oxygens (including phenoxy) is 3. The maximum absolute atomic E-state index is 12.8. The molecule has 0 spiro atoms. The molecule has 2 aliphatic carbocycles. The van der Waals surface area contributed by atoms with Gasteiger partial charge in [-0.25, -0.2) is 4.98 Å². The molecule has 0 saturated heterocycles. The second kappa shape index (κ2) is 20.0. The van der Waals surface area contributed by atoms with Crippen LogP contribution in [0.3, 0.4) is 0 Å². The first-order valence-electron chi connectivity index (χ1n) is 16.8. The van der Waals surface area contributed by atoms with Gasteiger partial charge in [-0.2, -0.15) is 0 Å². The minimum absolute atomic E-state index is 0.138. The van der Waals surface area contributed by atoms with E-state index in [4.69, 9.17) is 19.5 Å². The lowest BCUT2D eigenvalue weighted by Gasteiger charge is -2.30. The fourth-order valence-electron chi connectivity index (χ4n) is 5.82. The number of halogens is 3. The number of alkyl halides is 3. The van der Waals surface area contributed by atoms with Gasteiger partial charge in [-0.15, -0.1) is 26.0 Å². The summed E-state index contributed by atoms with van der Waals surface area (Å²) in [5.41, 5.74) is 6.16. The Morgan fingerprint density at radius 2 is 1.74 bits per heavy atom. The Morgan fingerprint density at radius 1 is 1.02 bits per heavy atom. The summed E-state index contributed by atoms with van der Waals surface area (Å²) >= 11 is 0. The summed E-state index contributed by atoms with van der Waals surface area (Å²) in [5.74, 6) is 0.221. The van der Waals surface area contributed by atoms with Gasteiger partial charge in [-0.3, -0.25) is 9.98 Å². The zero-order chi connectivity index (χ0) is 36.5. The monoisotopic (exact) mass is 691 g/mol. The van der Waals surface area contributed by atoms with E-state index in [1.807, 2.05) is 51.1 Å². The molecule has 1 N–H and O–H groups in total. The first kappa shape index (κ1) is 39.6. The van der Waals surface area contributed by atoms with E-state index in [9.17, 15) is 13.2 Å². The zero-order valence-corrected chi connectivity index (χ0v) is 29.5. The molecule has 1 fully saturated rings. The second-order valence-corrected chi connectivity index (χ2v) is 11.4. The third-order valence-electron chi connectivity index (χ3n) is 8.18. The number of aliphatic imine (C=N–C) groups is 2. The number of nitrogens with zero attached hydrogens (tertiary/aromatic N) is 4. The lowest BCUT2D eigenvalue weighted by molar-refractivity contribution is -0.274. The molecule has 0 amide bonds. The fraction of sp³-hybridized carbons (Fsp3) is 0.410. The largest absolute Gasteiger partial charge is 0.573 e. The Balaban J connectivity index is 0.00000163. The second-order valence-electron chi connectivity index (χ2n) is 11.4. The molecule has 0 unspecified atom stereocenters. The minimum Gasteiger partial charge on any atom is -0.480 e. The van der Waals surface area contributed by atoms with Crippen LogP contribution >= 0.6 is 0 Å². The van der Waals surface area contributed by atoms with E-state index in [1.54, 1.807) is 32.5 Å². The van der Waals surface area contributed by atoms with Crippen LogP contribution in [0.2, 0.25) is 0 Å². The number of rotatable bonds is 8. The minimum atomic E-state index is -4.75. The molecule has 1 saturated carbocycles. The lowest BCUT2D eigenvalue weighted by atomic mass is 9.93. The van der Waals surface area contributed by atoms with Gasteiger partial charge < -0.3 is 24.4 Å². The van der Waals surface area contributed by atoms with Crippen molar-refractivity contribution in [2.75, 3.05) is 44.1 Å². The number of hydrogen-bond acceptors (Lipinski definition) is 8. The molecule has 1 aromatic heterocycles. The molecule has 0 radical (unpaired) electrons. The summed E-state index contributed by atoms with van der Waals surface area (Å²) in [7, 11) is 3.35. The zero-order valence-electron chi connectivity index (χ0n) is 29.5. The highest BCUT2D eigenvalue weighted by Gasteiger charge is 2.31. The van der Waals surface area contributed by atoms with Crippen molar-refractivity contribution in [3.05, 3.63) is 89.8 Å². The van der Waals surface area contributed by atoms with Crippen LogP contribution in [0.5, 0.6) is 11.6 Å². The van der Waals surface area contributed by atoms with E-state index >= 15 is 0 Å². The smallest absolute Gasteiger partial charge is 0.480 e. The van der Waals surface area contributed by atoms with Crippen LogP contribution in [0.4, 0.5) is 24.5 Å². The Hall–Kier alpha value is -4.82. The first-order valence-corrected chi connectivity index (χ1v) is 16.8. The molecule has 11 heteroatoms. The molecule has 1 aliphatic heterocycles. The maximum Gasteiger partial charge on any atom is 0.573 e. The molecule has 2 heterocycles. The fourth-order valence-corrected chi connectivity index (χ4v) is 5.82. The standard InChI is InChI=1S/C35H40F3N5O3.C2H6.C2H2/c1-4-5-7-24-21-40-30-17-18-31(42-32-8-6-19-39-34(32)45-3)33(41-26-9-13-28(44-2)14-10-26)20-25(30)23-43(22-24)27-11-15-29(16-12-27)46-35(36,37)38;2*1-2/h4-8,11-12,15-16,18-20,26,28,42H,9-10,13-14,17,21-23H2,1-3H3;1-2H3;1-2H/b5-4-,24-7-,40-30?,41-33?;;. The molecule has 268 valence electrons. The van der Waals surface area contributed by atoms with Crippen molar-refractivity contribution in [2.24, 2.45) is 9.98 Å². The molecular formula is C39H48F3N5O3. The Bertz CT molecular complexity index is 1580. The van der Waals surface area contributed by atoms with Gasteiger partial charge in [0.05, 0.1) is 37.2 Å². The molecule has 0 bridgehead atoms. The van der Waals surface area contributed by atoms with E-state index in [-0.39, 0.29) is 17.9 Å². The molecule has 5 rings (SSSR count). The number of aromatic nitrogens is 1. The van der Waals surface area contributed by atoms with Crippen molar-refractivity contribution >= 4 is 22.8 Å². The Kier molecular flexibility index (Phi) is 15.8. The van der Waals surface area contributed by atoms with Gasteiger partial charge in [-0.1, -0.05) is 38.2 Å². The average Bonchev–Trinajstić information content (AvgIpc) is 3.27. The van der Waals surface area contributed by atoms with Crippen LogP contribution < -0.4 is 19.7 Å². The maximum atomic E-state index is 12.8. The summed E-state index contributed by atoms with van der Waals surface area (Å²) < 4.78 is 53.7. The van der Waals surface area contributed by atoms with Crippen molar-refractivity contribution in [1.29, 1.82) is 0 Å². The summed E-state index contributed by atoms with van der Waals surface area (Å²) in [6.45, 7) is 7.48. The first-order chi connectivity index (χ1) is 24.2. The Morgan fingerprint density at radius 3 is 2.38 bits per heavy atom. The number of allylic oxidation sites excluding steroid dienone is 5. The van der Waals surface area contributed by atoms with Crippen LogP contribution in [-0.4, -0.2) is 68.8 Å². The van der Waals surface area contributed by atoms with E-state index < -0.39 is 6.36 Å². The predicted octanol–water partition coefficient (Wildman–Crippen LogP) is 8.75. The SMILES string of the molecule is C#C.C/C=C\C=C1\CN=C2CC=C(Nc3cccnc3OC)C(=NC3CCC(OC)CC3)C=C2CN(c2ccc(OC(F)(F)F)cc2)C1.CC. The van der Waals surface area contributed by atoms with Gasteiger partial charge in [0.25, 0.3) is 0 Å². The number of anilines is 2. The molecular weight excluding hydrogens is 643 g/mol. The number of terminal acetylenes is 1. The van der Waals surface area contributed by atoms with E-state index in [0.29, 0.717) is 31.9 Å².